The fourth-order valence-corrected chi connectivity index (χ4v) is 7.43. The number of fused-ring (bicyclic) bond motifs is 5. The molecule has 1 N–H and O–H groups in total. The van der Waals surface area contributed by atoms with Gasteiger partial charge in [0.25, 0.3) is 0 Å². The Morgan fingerprint density at radius 1 is 1.04 bits per heavy atom. The van der Waals surface area contributed by atoms with Crippen molar-refractivity contribution in [3.05, 3.63) is 0 Å². The number of carbonyl (C=O) groups excluding carboxylic acids is 2. The molecule has 0 aromatic heterocycles. The highest BCUT2D eigenvalue weighted by Crippen LogP contribution is 2.66. The first-order valence-electron chi connectivity index (χ1n) is 10.1. The van der Waals surface area contributed by atoms with Crippen LogP contribution in [0.3, 0.4) is 0 Å². The summed E-state index contributed by atoms with van der Waals surface area (Å²) in [7, 11) is 0. The van der Waals surface area contributed by atoms with Crippen LogP contribution in [0.25, 0.3) is 0 Å². The maximum absolute atomic E-state index is 13.5. The minimum Gasteiger partial charge on any atom is -0.396 e. The van der Waals surface area contributed by atoms with Crippen molar-refractivity contribution in [1.82, 2.24) is 0 Å². The normalized spacial score (nSPS) is 51.0. The SMILES string of the molecule is C[C@@]12CCC[C@H]1[C@@H]1C(=O)C(CCO)C3CC(=O)CC[C@]3(C)[C@@H]1CC2. The number of rotatable bonds is 2. The Bertz CT molecular complexity index is 555. The van der Waals surface area contributed by atoms with Crippen molar-refractivity contribution in [2.75, 3.05) is 6.61 Å². The Balaban J connectivity index is 1.75. The van der Waals surface area contributed by atoms with E-state index in [-0.39, 0.29) is 29.8 Å². The Morgan fingerprint density at radius 3 is 2.58 bits per heavy atom. The molecule has 3 nitrogen and oxygen atoms in total. The van der Waals surface area contributed by atoms with Gasteiger partial charge in [-0.2, -0.15) is 0 Å². The van der Waals surface area contributed by atoms with E-state index >= 15 is 0 Å². The summed E-state index contributed by atoms with van der Waals surface area (Å²) in [6.07, 6.45) is 8.93. The molecule has 4 saturated carbocycles. The average molecular weight is 332 g/mol. The summed E-state index contributed by atoms with van der Waals surface area (Å²) in [6.45, 7) is 4.85. The average Bonchev–Trinajstić information content (AvgIpc) is 2.94. The molecule has 7 atom stereocenters. The number of aliphatic hydroxyl groups excluding tert-OH is 1. The van der Waals surface area contributed by atoms with Crippen LogP contribution in [0.1, 0.15) is 71.6 Å². The van der Waals surface area contributed by atoms with Crippen LogP contribution in [0.2, 0.25) is 0 Å². The fourth-order valence-electron chi connectivity index (χ4n) is 7.43. The minimum absolute atomic E-state index is 0.0660. The predicted octanol–water partition coefficient (Wildman–Crippen LogP) is 3.78. The summed E-state index contributed by atoms with van der Waals surface area (Å²) in [5.41, 5.74) is 0.477. The third kappa shape index (κ3) is 2.19. The molecule has 0 radical (unpaired) electrons. The number of Topliss-reactive ketones (excluding diaryl/α,β-unsaturated/α-hetero) is 2. The van der Waals surface area contributed by atoms with Gasteiger partial charge in [-0.25, -0.2) is 0 Å². The largest absolute Gasteiger partial charge is 0.396 e. The van der Waals surface area contributed by atoms with E-state index in [0.717, 1.165) is 12.8 Å². The van der Waals surface area contributed by atoms with E-state index in [2.05, 4.69) is 13.8 Å². The van der Waals surface area contributed by atoms with E-state index in [1.807, 2.05) is 0 Å². The first kappa shape index (κ1) is 16.8. The molecule has 0 spiro atoms. The molecule has 24 heavy (non-hydrogen) atoms. The van der Waals surface area contributed by atoms with Crippen LogP contribution < -0.4 is 0 Å². The second kappa shape index (κ2) is 5.65. The highest BCUT2D eigenvalue weighted by atomic mass is 16.3. The quantitative estimate of drug-likeness (QED) is 0.837. The monoisotopic (exact) mass is 332 g/mol. The minimum atomic E-state index is -0.0894. The van der Waals surface area contributed by atoms with Crippen molar-refractivity contribution < 1.29 is 14.7 Å². The molecule has 0 aliphatic heterocycles. The number of hydrogen-bond donors (Lipinski definition) is 1. The van der Waals surface area contributed by atoms with Gasteiger partial charge in [-0.3, -0.25) is 9.59 Å². The Hall–Kier alpha value is -0.700. The molecule has 4 aliphatic rings. The van der Waals surface area contributed by atoms with Gasteiger partial charge in [0.2, 0.25) is 0 Å². The molecule has 2 unspecified atom stereocenters. The van der Waals surface area contributed by atoms with Crippen LogP contribution in [0.5, 0.6) is 0 Å². The molecule has 0 saturated heterocycles. The van der Waals surface area contributed by atoms with Crippen molar-refractivity contribution in [3.8, 4) is 0 Å². The first-order chi connectivity index (χ1) is 11.4. The molecule has 0 aromatic carbocycles. The fraction of sp³-hybridized carbons (Fsp3) is 0.905. The predicted molar refractivity (Wildman–Crippen MR) is 92.3 cm³/mol. The summed E-state index contributed by atoms with van der Waals surface area (Å²) < 4.78 is 0. The summed E-state index contributed by atoms with van der Waals surface area (Å²) in [4.78, 5) is 25.7. The molecule has 4 rings (SSSR count). The van der Waals surface area contributed by atoms with Crippen LogP contribution in [-0.2, 0) is 9.59 Å². The lowest BCUT2D eigenvalue weighted by Gasteiger charge is -2.61. The van der Waals surface area contributed by atoms with Gasteiger partial charge >= 0.3 is 0 Å². The van der Waals surface area contributed by atoms with Gasteiger partial charge in [0.05, 0.1) is 0 Å². The van der Waals surface area contributed by atoms with Crippen molar-refractivity contribution in [1.29, 1.82) is 0 Å². The molecule has 4 aliphatic carbocycles. The van der Waals surface area contributed by atoms with Gasteiger partial charge in [-0.15, -0.1) is 0 Å². The summed E-state index contributed by atoms with van der Waals surface area (Å²) in [6, 6.07) is 0. The van der Waals surface area contributed by atoms with Gasteiger partial charge < -0.3 is 5.11 Å². The van der Waals surface area contributed by atoms with Gasteiger partial charge in [0.15, 0.2) is 0 Å². The molecular weight excluding hydrogens is 300 g/mol. The van der Waals surface area contributed by atoms with Crippen LogP contribution in [0.15, 0.2) is 0 Å². The molecule has 0 amide bonds. The Kier molecular flexibility index (Phi) is 3.95. The second-order valence-corrected chi connectivity index (χ2v) is 9.70. The number of ketones is 2. The third-order valence-electron chi connectivity index (χ3n) is 8.76. The van der Waals surface area contributed by atoms with Crippen LogP contribution in [0.4, 0.5) is 0 Å². The third-order valence-corrected chi connectivity index (χ3v) is 8.76. The van der Waals surface area contributed by atoms with Crippen LogP contribution >= 0.6 is 0 Å². The smallest absolute Gasteiger partial charge is 0.140 e. The number of aliphatic hydroxyl groups is 1. The Labute approximate surface area is 145 Å². The molecule has 4 fully saturated rings. The lowest BCUT2D eigenvalue weighted by atomic mass is 9.42. The second-order valence-electron chi connectivity index (χ2n) is 9.70. The van der Waals surface area contributed by atoms with Crippen molar-refractivity contribution in [2.45, 2.75) is 71.6 Å². The molecule has 0 heterocycles. The zero-order valence-corrected chi connectivity index (χ0v) is 15.2. The number of carbonyl (C=O) groups is 2. The van der Waals surface area contributed by atoms with Gasteiger partial charge in [0.1, 0.15) is 11.6 Å². The van der Waals surface area contributed by atoms with E-state index < -0.39 is 0 Å². The Morgan fingerprint density at radius 2 is 1.83 bits per heavy atom. The van der Waals surface area contributed by atoms with E-state index in [4.69, 9.17) is 0 Å². The van der Waals surface area contributed by atoms with E-state index in [1.54, 1.807) is 0 Å². The molecule has 0 bridgehead atoms. The molecule has 3 heteroatoms. The van der Waals surface area contributed by atoms with E-state index in [9.17, 15) is 14.7 Å². The van der Waals surface area contributed by atoms with Gasteiger partial charge in [-0.1, -0.05) is 20.3 Å². The standard InChI is InChI=1S/C21H32O3/c1-20-8-3-4-15(20)18-16(6-9-20)21(2)10-5-13(23)12-17(21)14(7-11-22)19(18)24/h14-18,22H,3-12H2,1-2H3/t14?,15-,16+,17?,18-,20-,21+/m0/s1. The van der Waals surface area contributed by atoms with E-state index in [0.29, 0.717) is 48.1 Å². The van der Waals surface area contributed by atoms with Gasteiger partial charge in [0, 0.05) is 31.3 Å². The maximum Gasteiger partial charge on any atom is 0.140 e. The summed E-state index contributed by atoms with van der Waals surface area (Å²) >= 11 is 0. The van der Waals surface area contributed by atoms with Gasteiger partial charge in [-0.05, 0) is 67.1 Å². The van der Waals surface area contributed by atoms with Crippen LogP contribution in [-0.4, -0.2) is 23.3 Å². The van der Waals surface area contributed by atoms with Crippen molar-refractivity contribution in [3.63, 3.8) is 0 Å². The highest BCUT2D eigenvalue weighted by molar-refractivity contribution is 5.88. The lowest BCUT2D eigenvalue weighted by molar-refractivity contribution is -0.168. The van der Waals surface area contributed by atoms with Crippen molar-refractivity contribution in [2.24, 2.45) is 40.4 Å². The lowest BCUT2D eigenvalue weighted by Crippen LogP contribution is -2.60. The van der Waals surface area contributed by atoms with Crippen molar-refractivity contribution >= 4 is 11.6 Å². The molecular formula is C21H32O3. The first-order valence-corrected chi connectivity index (χ1v) is 10.1. The topological polar surface area (TPSA) is 54.4 Å². The molecule has 0 aromatic rings. The zero-order chi connectivity index (χ0) is 17.1. The number of hydrogen-bond acceptors (Lipinski definition) is 3. The summed E-state index contributed by atoms with van der Waals surface area (Å²) in [5.74, 6) is 2.02. The van der Waals surface area contributed by atoms with Crippen LogP contribution in [0, 0.1) is 40.4 Å². The zero-order valence-electron chi connectivity index (χ0n) is 15.2. The van der Waals surface area contributed by atoms with E-state index in [1.165, 1.54) is 25.7 Å². The molecule has 134 valence electrons. The maximum atomic E-state index is 13.5. The summed E-state index contributed by atoms with van der Waals surface area (Å²) in [5, 5.41) is 9.57. The highest BCUT2D eigenvalue weighted by Gasteiger charge is 2.63.